The van der Waals surface area contributed by atoms with E-state index in [1.807, 2.05) is 6.07 Å². The molecule has 2 heterocycles. The molecule has 21 heavy (non-hydrogen) atoms. The fourth-order valence-electron chi connectivity index (χ4n) is 2.53. The molecule has 1 atom stereocenters. The van der Waals surface area contributed by atoms with Crippen molar-refractivity contribution < 1.29 is 9.26 Å². The molecule has 0 saturated carbocycles. The maximum absolute atomic E-state index is 5.66. The van der Waals surface area contributed by atoms with E-state index in [-0.39, 0.29) is 6.10 Å². The Kier molecular flexibility index (Phi) is 4.34. The summed E-state index contributed by atoms with van der Waals surface area (Å²) in [6.45, 7) is 5.85. The lowest BCUT2D eigenvalue weighted by molar-refractivity contribution is -0.0283. The van der Waals surface area contributed by atoms with Gasteiger partial charge in [0.05, 0.1) is 19.3 Å². The van der Waals surface area contributed by atoms with E-state index in [0.29, 0.717) is 6.54 Å². The van der Waals surface area contributed by atoms with Gasteiger partial charge in [0.15, 0.2) is 5.76 Å². The summed E-state index contributed by atoms with van der Waals surface area (Å²) in [7, 11) is 0. The minimum absolute atomic E-state index is 0.123. The van der Waals surface area contributed by atoms with Gasteiger partial charge < -0.3 is 15.0 Å². The van der Waals surface area contributed by atoms with Crippen molar-refractivity contribution in [3.8, 4) is 11.3 Å². The maximum Gasteiger partial charge on any atom is 0.151 e. The molecule has 2 aromatic rings. The third-order valence-electron chi connectivity index (χ3n) is 3.77. The number of hydrogen-bond donors (Lipinski definition) is 1. The van der Waals surface area contributed by atoms with Gasteiger partial charge >= 0.3 is 0 Å². The van der Waals surface area contributed by atoms with Crippen molar-refractivity contribution in [3.05, 3.63) is 41.7 Å². The average molecular weight is 287 g/mol. The van der Waals surface area contributed by atoms with Gasteiger partial charge in [-0.05, 0) is 6.92 Å². The van der Waals surface area contributed by atoms with Gasteiger partial charge in [-0.25, -0.2) is 0 Å². The number of aromatic nitrogens is 1. The summed E-state index contributed by atoms with van der Waals surface area (Å²) in [5, 5.41) is 4.16. The molecule has 0 aliphatic carbocycles. The lowest BCUT2D eigenvalue weighted by atomic mass is 10.1. The second-order valence-corrected chi connectivity index (χ2v) is 5.51. The van der Waals surface area contributed by atoms with Crippen LogP contribution in [0.4, 0.5) is 0 Å². The summed E-state index contributed by atoms with van der Waals surface area (Å²) in [6.07, 6.45) is 0.123. The molecule has 0 radical (unpaired) electrons. The van der Waals surface area contributed by atoms with Crippen LogP contribution in [0.15, 0.2) is 34.9 Å². The van der Waals surface area contributed by atoms with Gasteiger partial charge in [-0.2, -0.15) is 0 Å². The van der Waals surface area contributed by atoms with Gasteiger partial charge in [-0.3, -0.25) is 4.90 Å². The molecule has 1 aliphatic heterocycles. The largest absolute Gasteiger partial charge is 0.374 e. The van der Waals surface area contributed by atoms with Gasteiger partial charge in [-0.15, -0.1) is 0 Å². The minimum atomic E-state index is 0.123. The zero-order valence-corrected chi connectivity index (χ0v) is 12.3. The molecule has 112 valence electrons. The Bertz CT molecular complexity index is 579. The summed E-state index contributed by atoms with van der Waals surface area (Å²) in [6, 6.07) is 10.3. The highest BCUT2D eigenvalue weighted by Crippen LogP contribution is 2.20. The third-order valence-corrected chi connectivity index (χ3v) is 3.77. The first-order valence-corrected chi connectivity index (χ1v) is 7.31. The Balaban J connectivity index is 1.66. The fraction of sp³-hybridized carbons (Fsp3) is 0.438. The van der Waals surface area contributed by atoms with Crippen molar-refractivity contribution in [1.82, 2.24) is 10.1 Å². The highest BCUT2D eigenvalue weighted by atomic mass is 16.5. The van der Waals surface area contributed by atoms with Crippen molar-refractivity contribution in [1.29, 1.82) is 0 Å². The predicted octanol–water partition coefficient (Wildman–Crippen LogP) is 1.81. The first kappa shape index (κ1) is 14.3. The maximum atomic E-state index is 5.66. The van der Waals surface area contributed by atoms with Crippen LogP contribution in [0, 0.1) is 6.92 Å². The molecule has 0 bridgehead atoms. The minimum Gasteiger partial charge on any atom is -0.374 e. The molecule has 1 aliphatic rings. The Morgan fingerprint density at radius 1 is 1.33 bits per heavy atom. The van der Waals surface area contributed by atoms with Crippen LogP contribution in [-0.4, -0.2) is 42.4 Å². The predicted molar refractivity (Wildman–Crippen MR) is 80.7 cm³/mol. The molecule has 0 spiro atoms. The molecule has 1 aromatic carbocycles. The lowest BCUT2D eigenvalue weighted by Gasteiger charge is -2.31. The van der Waals surface area contributed by atoms with Crippen molar-refractivity contribution in [3.63, 3.8) is 0 Å². The molecule has 5 nitrogen and oxygen atoms in total. The smallest absolute Gasteiger partial charge is 0.151 e. The van der Waals surface area contributed by atoms with E-state index in [2.05, 4.69) is 41.2 Å². The van der Waals surface area contributed by atoms with Crippen molar-refractivity contribution >= 4 is 0 Å². The second-order valence-electron chi connectivity index (χ2n) is 5.51. The number of aryl methyl sites for hydroxylation is 1. The molecule has 2 N–H and O–H groups in total. The number of ether oxygens (including phenoxy) is 1. The van der Waals surface area contributed by atoms with Gasteiger partial charge in [0.1, 0.15) is 5.69 Å². The number of morpholine rings is 1. The normalized spacial score (nSPS) is 19.8. The summed E-state index contributed by atoms with van der Waals surface area (Å²) in [5.74, 6) is 0.878. The van der Waals surface area contributed by atoms with Crippen LogP contribution in [0.1, 0.15) is 11.3 Å². The van der Waals surface area contributed by atoms with Crippen molar-refractivity contribution in [2.75, 3.05) is 26.2 Å². The number of benzene rings is 1. The summed E-state index contributed by atoms with van der Waals surface area (Å²) in [5.41, 5.74) is 8.87. The van der Waals surface area contributed by atoms with E-state index in [1.165, 1.54) is 5.56 Å². The number of hydrogen-bond acceptors (Lipinski definition) is 5. The summed E-state index contributed by atoms with van der Waals surface area (Å²) in [4.78, 5) is 2.29. The van der Waals surface area contributed by atoms with Crippen LogP contribution in [0.5, 0.6) is 0 Å². The SMILES string of the molecule is Cc1ccc(-c2cc(CN3CCOC(CN)C3)on2)cc1. The topological polar surface area (TPSA) is 64.5 Å². The lowest BCUT2D eigenvalue weighted by Crippen LogP contribution is -2.45. The third kappa shape index (κ3) is 3.50. The molecule has 1 aromatic heterocycles. The van der Waals surface area contributed by atoms with Crippen LogP contribution in [0.2, 0.25) is 0 Å². The first-order valence-electron chi connectivity index (χ1n) is 7.31. The van der Waals surface area contributed by atoms with Crippen molar-refractivity contribution in [2.24, 2.45) is 5.73 Å². The van der Waals surface area contributed by atoms with E-state index in [0.717, 1.165) is 43.3 Å². The first-order chi connectivity index (χ1) is 10.2. The summed E-state index contributed by atoms with van der Waals surface area (Å²) < 4.78 is 11.0. The molecule has 1 saturated heterocycles. The van der Waals surface area contributed by atoms with Gasteiger partial charge in [0.25, 0.3) is 0 Å². The molecule has 1 unspecified atom stereocenters. The molecule has 3 rings (SSSR count). The summed E-state index contributed by atoms with van der Waals surface area (Å²) >= 11 is 0. The molecular weight excluding hydrogens is 266 g/mol. The van der Waals surface area contributed by atoms with Crippen LogP contribution in [-0.2, 0) is 11.3 Å². The number of nitrogens with zero attached hydrogens (tertiary/aromatic N) is 2. The number of nitrogens with two attached hydrogens (primary N) is 1. The van der Waals surface area contributed by atoms with Crippen LogP contribution >= 0.6 is 0 Å². The zero-order chi connectivity index (χ0) is 14.7. The van der Waals surface area contributed by atoms with E-state index in [4.69, 9.17) is 15.0 Å². The standard InChI is InChI=1S/C16H21N3O2/c1-12-2-4-13(5-3-12)16-8-14(21-18-16)10-19-6-7-20-15(9-17)11-19/h2-5,8,15H,6-7,9-11,17H2,1H3. The Labute approximate surface area is 124 Å². The van der Waals surface area contributed by atoms with E-state index in [1.54, 1.807) is 0 Å². The molecule has 0 amide bonds. The number of rotatable bonds is 4. The van der Waals surface area contributed by atoms with E-state index in [9.17, 15) is 0 Å². The van der Waals surface area contributed by atoms with E-state index < -0.39 is 0 Å². The van der Waals surface area contributed by atoms with Gasteiger partial charge in [0.2, 0.25) is 0 Å². The highest BCUT2D eigenvalue weighted by Gasteiger charge is 2.20. The average Bonchev–Trinajstić information content (AvgIpc) is 2.96. The van der Waals surface area contributed by atoms with Crippen LogP contribution < -0.4 is 5.73 Å². The zero-order valence-electron chi connectivity index (χ0n) is 12.3. The quantitative estimate of drug-likeness (QED) is 0.929. The van der Waals surface area contributed by atoms with E-state index >= 15 is 0 Å². The van der Waals surface area contributed by atoms with Gasteiger partial charge in [0, 0.05) is 31.3 Å². The monoisotopic (exact) mass is 287 g/mol. The van der Waals surface area contributed by atoms with Crippen molar-refractivity contribution in [2.45, 2.75) is 19.6 Å². The second kappa shape index (κ2) is 6.39. The Morgan fingerprint density at radius 2 is 2.14 bits per heavy atom. The Morgan fingerprint density at radius 3 is 2.90 bits per heavy atom. The molecule has 1 fully saturated rings. The fourth-order valence-corrected chi connectivity index (χ4v) is 2.53. The Hall–Kier alpha value is -1.69. The molecular formula is C16H21N3O2. The van der Waals surface area contributed by atoms with Crippen LogP contribution in [0.3, 0.4) is 0 Å². The highest BCUT2D eigenvalue weighted by molar-refractivity contribution is 5.59. The van der Waals surface area contributed by atoms with Crippen LogP contribution in [0.25, 0.3) is 11.3 Å². The van der Waals surface area contributed by atoms with Gasteiger partial charge in [-0.1, -0.05) is 35.0 Å². The molecule has 5 heteroatoms.